The van der Waals surface area contributed by atoms with E-state index in [4.69, 9.17) is 11.6 Å². The minimum Gasteiger partial charge on any atom is -0.293 e. The molecule has 1 aromatic carbocycles. The van der Waals surface area contributed by atoms with E-state index in [0.717, 1.165) is 0 Å². The van der Waals surface area contributed by atoms with Crippen LogP contribution in [0.25, 0.3) is 0 Å². The van der Waals surface area contributed by atoms with Gasteiger partial charge in [-0.15, -0.1) is 5.10 Å². The van der Waals surface area contributed by atoms with Crippen LogP contribution in [-0.4, -0.2) is 31.2 Å². The molecule has 0 aliphatic heterocycles. The van der Waals surface area contributed by atoms with E-state index in [9.17, 15) is 4.79 Å². The topological polar surface area (TPSA) is 60.7 Å². The lowest BCUT2D eigenvalue weighted by molar-refractivity contribution is 0.0994. The van der Waals surface area contributed by atoms with Gasteiger partial charge in [0.05, 0.1) is 5.25 Å². The minimum atomic E-state index is -0.270. The maximum Gasteiger partial charge on any atom is 0.209 e. The van der Waals surface area contributed by atoms with Crippen molar-refractivity contribution in [2.45, 2.75) is 17.3 Å². The number of hydrogen-bond acceptors (Lipinski definition) is 5. The SMILES string of the molecule is CC(Sc1nnnn1C)C(=O)c1cccc(Cl)c1. The van der Waals surface area contributed by atoms with Gasteiger partial charge in [0, 0.05) is 17.6 Å². The summed E-state index contributed by atoms with van der Waals surface area (Å²) < 4.78 is 1.53. The van der Waals surface area contributed by atoms with Gasteiger partial charge in [0.2, 0.25) is 5.16 Å². The number of hydrogen-bond donors (Lipinski definition) is 0. The molecule has 94 valence electrons. The standard InChI is InChI=1S/C11H11ClN4OS/c1-7(18-11-13-14-15-16(11)2)10(17)8-4-3-5-9(12)6-8/h3-7H,1-2H3. The lowest BCUT2D eigenvalue weighted by Gasteiger charge is -2.08. The van der Waals surface area contributed by atoms with E-state index >= 15 is 0 Å². The number of aromatic nitrogens is 4. The number of carbonyl (C=O) groups is 1. The predicted octanol–water partition coefficient (Wildman–Crippen LogP) is 2.23. The fourth-order valence-electron chi connectivity index (χ4n) is 1.41. The van der Waals surface area contributed by atoms with E-state index in [0.29, 0.717) is 15.7 Å². The van der Waals surface area contributed by atoms with E-state index in [1.54, 1.807) is 31.3 Å². The highest BCUT2D eigenvalue weighted by atomic mass is 35.5. The molecule has 1 atom stereocenters. The molecule has 0 bridgehead atoms. The third kappa shape index (κ3) is 2.88. The van der Waals surface area contributed by atoms with Gasteiger partial charge in [0.25, 0.3) is 0 Å². The summed E-state index contributed by atoms with van der Waals surface area (Å²) in [7, 11) is 1.74. The molecule has 1 unspecified atom stereocenters. The number of nitrogens with zero attached hydrogens (tertiary/aromatic N) is 4. The van der Waals surface area contributed by atoms with Crippen molar-refractivity contribution >= 4 is 29.1 Å². The van der Waals surface area contributed by atoms with Gasteiger partial charge in [-0.25, -0.2) is 4.68 Å². The molecule has 1 aromatic heterocycles. The van der Waals surface area contributed by atoms with Gasteiger partial charge in [-0.3, -0.25) is 4.79 Å². The van der Waals surface area contributed by atoms with E-state index in [2.05, 4.69) is 15.5 Å². The first kappa shape index (κ1) is 13.0. The molecule has 0 spiro atoms. The summed E-state index contributed by atoms with van der Waals surface area (Å²) in [6.45, 7) is 1.82. The van der Waals surface area contributed by atoms with Crippen LogP contribution in [0.3, 0.4) is 0 Å². The first-order valence-electron chi connectivity index (χ1n) is 5.26. The summed E-state index contributed by atoms with van der Waals surface area (Å²) in [4.78, 5) is 12.2. The molecule has 2 aromatic rings. The number of benzene rings is 1. The van der Waals surface area contributed by atoms with Crippen LogP contribution in [0.2, 0.25) is 5.02 Å². The van der Waals surface area contributed by atoms with Gasteiger partial charge in [0.1, 0.15) is 0 Å². The molecule has 0 N–H and O–H groups in total. The maximum atomic E-state index is 12.2. The highest BCUT2D eigenvalue weighted by Crippen LogP contribution is 2.23. The lowest BCUT2D eigenvalue weighted by Crippen LogP contribution is -2.14. The normalized spacial score (nSPS) is 12.4. The Labute approximate surface area is 114 Å². The third-order valence-corrected chi connectivity index (χ3v) is 3.70. The second kappa shape index (κ2) is 5.49. The van der Waals surface area contributed by atoms with Crippen molar-refractivity contribution in [3.8, 4) is 0 Å². The van der Waals surface area contributed by atoms with Gasteiger partial charge >= 0.3 is 0 Å². The number of carbonyl (C=O) groups excluding carboxylic acids is 1. The van der Waals surface area contributed by atoms with Crippen LogP contribution in [0.4, 0.5) is 0 Å². The van der Waals surface area contributed by atoms with Crippen molar-refractivity contribution in [3.63, 3.8) is 0 Å². The Bertz CT molecular complexity index is 572. The zero-order chi connectivity index (χ0) is 13.1. The zero-order valence-corrected chi connectivity index (χ0v) is 11.4. The maximum absolute atomic E-state index is 12.2. The van der Waals surface area contributed by atoms with Crippen LogP contribution in [-0.2, 0) is 7.05 Å². The quantitative estimate of drug-likeness (QED) is 0.636. The molecule has 5 nitrogen and oxygen atoms in total. The fourth-order valence-corrected chi connectivity index (χ4v) is 2.43. The number of tetrazole rings is 1. The molecule has 2 rings (SSSR count). The van der Waals surface area contributed by atoms with E-state index in [-0.39, 0.29) is 11.0 Å². The Hall–Kier alpha value is -1.40. The molecule has 0 saturated heterocycles. The van der Waals surface area contributed by atoms with Crippen LogP contribution in [0, 0.1) is 0 Å². The zero-order valence-electron chi connectivity index (χ0n) is 9.87. The molecule has 18 heavy (non-hydrogen) atoms. The molecular formula is C11H11ClN4OS. The summed E-state index contributed by atoms with van der Waals surface area (Å²) in [5.41, 5.74) is 0.595. The number of ketones is 1. The van der Waals surface area contributed by atoms with Crippen molar-refractivity contribution < 1.29 is 4.79 Å². The summed E-state index contributed by atoms with van der Waals surface area (Å²) >= 11 is 7.19. The van der Waals surface area contributed by atoms with Gasteiger partial charge in [-0.2, -0.15) is 0 Å². The molecule has 0 amide bonds. The molecule has 0 aliphatic rings. The number of halogens is 1. The Morgan fingerprint density at radius 2 is 2.28 bits per heavy atom. The average molecular weight is 283 g/mol. The summed E-state index contributed by atoms with van der Waals surface area (Å²) in [6, 6.07) is 6.91. The van der Waals surface area contributed by atoms with Gasteiger partial charge < -0.3 is 0 Å². The summed E-state index contributed by atoms with van der Waals surface area (Å²) in [5, 5.41) is 12.0. The highest BCUT2D eigenvalue weighted by molar-refractivity contribution is 8.00. The van der Waals surface area contributed by atoms with Crippen LogP contribution in [0.15, 0.2) is 29.4 Å². The van der Waals surface area contributed by atoms with Gasteiger partial charge in [-0.1, -0.05) is 35.5 Å². The van der Waals surface area contributed by atoms with Crippen LogP contribution in [0.5, 0.6) is 0 Å². The molecule has 1 heterocycles. The van der Waals surface area contributed by atoms with Crippen molar-refractivity contribution in [1.29, 1.82) is 0 Å². The van der Waals surface area contributed by atoms with Gasteiger partial charge in [-0.05, 0) is 29.5 Å². The van der Waals surface area contributed by atoms with Crippen molar-refractivity contribution in [1.82, 2.24) is 20.2 Å². The Kier molecular flexibility index (Phi) is 3.98. The summed E-state index contributed by atoms with van der Waals surface area (Å²) in [5.74, 6) is 0.00509. The Morgan fingerprint density at radius 3 is 2.89 bits per heavy atom. The lowest BCUT2D eigenvalue weighted by atomic mass is 10.1. The van der Waals surface area contributed by atoms with Crippen molar-refractivity contribution in [3.05, 3.63) is 34.9 Å². The first-order valence-corrected chi connectivity index (χ1v) is 6.52. The third-order valence-electron chi connectivity index (χ3n) is 2.34. The number of aryl methyl sites for hydroxylation is 1. The van der Waals surface area contributed by atoms with Crippen LogP contribution < -0.4 is 0 Å². The molecule has 0 aliphatic carbocycles. The number of thioether (sulfide) groups is 1. The van der Waals surface area contributed by atoms with Crippen molar-refractivity contribution in [2.75, 3.05) is 0 Å². The van der Waals surface area contributed by atoms with Crippen LogP contribution >= 0.6 is 23.4 Å². The Morgan fingerprint density at radius 1 is 1.50 bits per heavy atom. The van der Waals surface area contributed by atoms with E-state index < -0.39 is 0 Å². The first-order chi connectivity index (χ1) is 8.58. The molecular weight excluding hydrogens is 272 g/mol. The predicted molar refractivity (Wildman–Crippen MR) is 69.9 cm³/mol. The van der Waals surface area contributed by atoms with E-state index in [1.165, 1.54) is 16.4 Å². The summed E-state index contributed by atoms with van der Waals surface area (Å²) in [6.07, 6.45) is 0. The smallest absolute Gasteiger partial charge is 0.209 e. The minimum absolute atomic E-state index is 0.00509. The number of Topliss-reactive ketones (excluding diaryl/α,β-unsaturated/α-hetero) is 1. The van der Waals surface area contributed by atoms with E-state index in [1.807, 2.05) is 6.92 Å². The molecule has 0 radical (unpaired) electrons. The van der Waals surface area contributed by atoms with Crippen molar-refractivity contribution in [2.24, 2.45) is 7.05 Å². The molecule has 0 fully saturated rings. The van der Waals surface area contributed by atoms with Crippen LogP contribution in [0.1, 0.15) is 17.3 Å². The largest absolute Gasteiger partial charge is 0.293 e. The Balaban J connectivity index is 2.12. The average Bonchev–Trinajstić information content (AvgIpc) is 2.74. The molecule has 7 heteroatoms. The fraction of sp³-hybridized carbons (Fsp3) is 0.273. The second-order valence-corrected chi connectivity index (χ2v) is 5.46. The highest BCUT2D eigenvalue weighted by Gasteiger charge is 2.19. The number of rotatable bonds is 4. The monoisotopic (exact) mass is 282 g/mol. The molecule has 0 saturated carbocycles. The van der Waals surface area contributed by atoms with Gasteiger partial charge in [0.15, 0.2) is 5.78 Å². The second-order valence-electron chi connectivity index (χ2n) is 3.72.